The zero-order valence-corrected chi connectivity index (χ0v) is 16.1. The largest absolute Gasteiger partial charge is 0.494 e. The Morgan fingerprint density at radius 3 is 2.52 bits per heavy atom. The van der Waals surface area contributed by atoms with Crippen molar-refractivity contribution in [3.63, 3.8) is 0 Å². The molecule has 0 saturated carbocycles. The molecule has 1 aromatic heterocycles. The van der Waals surface area contributed by atoms with Gasteiger partial charge in [-0.05, 0) is 46.8 Å². The molecular formula is C19H28N4O2. The summed E-state index contributed by atoms with van der Waals surface area (Å²) >= 11 is 0. The maximum atomic E-state index is 11.3. The number of hydrogen-bond acceptors (Lipinski definition) is 4. The third kappa shape index (κ3) is 4.53. The fourth-order valence-electron chi connectivity index (χ4n) is 2.64. The Kier molecular flexibility index (Phi) is 5.40. The van der Waals surface area contributed by atoms with E-state index >= 15 is 0 Å². The van der Waals surface area contributed by atoms with Gasteiger partial charge in [0.05, 0.1) is 30.1 Å². The molecule has 0 aliphatic heterocycles. The highest BCUT2D eigenvalue weighted by Gasteiger charge is 2.19. The van der Waals surface area contributed by atoms with Crippen LogP contribution in [0.4, 0.5) is 11.4 Å². The number of nitrogens with zero attached hydrogens (tertiary/aromatic N) is 2. The molecule has 1 heterocycles. The molecule has 0 unspecified atom stereocenters. The van der Waals surface area contributed by atoms with Gasteiger partial charge in [-0.3, -0.25) is 9.48 Å². The number of nitrogens with one attached hydrogen (secondary N) is 2. The predicted molar refractivity (Wildman–Crippen MR) is 101 cm³/mol. The third-order valence-electron chi connectivity index (χ3n) is 3.99. The van der Waals surface area contributed by atoms with E-state index in [2.05, 4.69) is 49.6 Å². The van der Waals surface area contributed by atoms with Crippen molar-refractivity contribution in [1.29, 1.82) is 0 Å². The van der Waals surface area contributed by atoms with Gasteiger partial charge in [0, 0.05) is 30.4 Å². The molecule has 2 aromatic rings. The highest BCUT2D eigenvalue weighted by atomic mass is 16.5. The summed E-state index contributed by atoms with van der Waals surface area (Å²) in [5.74, 6) is 0.493. The molecule has 0 spiro atoms. The number of benzene rings is 1. The fourth-order valence-corrected chi connectivity index (χ4v) is 2.64. The molecule has 2 rings (SSSR count). The van der Waals surface area contributed by atoms with Gasteiger partial charge in [0.2, 0.25) is 5.91 Å². The van der Waals surface area contributed by atoms with Gasteiger partial charge in [0.15, 0.2) is 0 Å². The minimum atomic E-state index is -0.127. The number of methoxy groups -OCH3 is 1. The highest BCUT2D eigenvalue weighted by molar-refractivity contribution is 5.90. The van der Waals surface area contributed by atoms with Crippen LogP contribution in [0.15, 0.2) is 24.4 Å². The lowest BCUT2D eigenvalue weighted by Crippen LogP contribution is -2.22. The van der Waals surface area contributed by atoms with Gasteiger partial charge >= 0.3 is 0 Å². The van der Waals surface area contributed by atoms with Gasteiger partial charge in [0.25, 0.3) is 0 Å². The second-order valence-corrected chi connectivity index (χ2v) is 7.25. The molecule has 25 heavy (non-hydrogen) atoms. The Labute approximate surface area is 149 Å². The number of anilines is 2. The van der Waals surface area contributed by atoms with Crippen molar-refractivity contribution in [2.75, 3.05) is 17.7 Å². The summed E-state index contributed by atoms with van der Waals surface area (Å²) in [6.07, 6.45) is 2.09. The first-order valence-corrected chi connectivity index (χ1v) is 8.40. The van der Waals surface area contributed by atoms with Gasteiger partial charge < -0.3 is 15.4 Å². The van der Waals surface area contributed by atoms with Crippen LogP contribution < -0.4 is 15.4 Å². The van der Waals surface area contributed by atoms with Crippen LogP contribution >= 0.6 is 0 Å². The maximum Gasteiger partial charge on any atom is 0.221 e. The quantitative estimate of drug-likeness (QED) is 0.857. The summed E-state index contributed by atoms with van der Waals surface area (Å²) in [5.41, 5.74) is 3.69. The van der Waals surface area contributed by atoms with Gasteiger partial charge in [-0.1, -0.05) is 0 Å². The van der Waals surface area contributed by atoms with E-state index in [0.29, 0.717) is 11.4 Å². The van der Waals surface area contributed by atoms with Crippen LogP contribution in [0.25, 0.3) is 0 Å². The third-order valence-corrected chi connectivity index (χ3v) is 3.99. The molecule has 0 radical (unpaired) electrons. The van der Waals surface area contributed by atoms with Crippen LogP contribution in [0.5, 0.6) is 5.75 Å². The zero-order valence-electron chi connectivity index (χ0n) is 16.1. The van der Waals surface area contributed by atoms with Crippen molar-refractivity contribution < 1.29 is 9.53 Å². The minimum absolute atomic E-state index is 0.0496. The van der Waals surface area contributed by atoms with Crippen LogP contribution in [0.1, 0.15) is 51.9 Å². The van der Waals surface area contributed by atoms with Crippen molar-refractivity contribution in [3.05, 3.63) is 35.7 Å². The lowest BCUT2D eigenvalue weighted by Gasteiger charge is -2.19. The molecule has 2 N–H and O–H groups in total. The molecule has 1 amide bonds. The molecule has 0 bridgehead atoms. The van der Waals surface area contributed by atoms with Gasteiger partial charge in [0.1, 0.15) is 5.75 Å². The van der Waals surface area contributed by atoms with Crippen molar-refractivity contribution >= 4 is 17.3 Å². The van der Waals surface area contributed by atoms with E-state index in [9.17, 15) is 4.79 Å². The smallest absolute Gasteiger partial charge is 0.221 e. The van der Waals surface area contributed by atoms with Crippen LogP contribution in [0, 0.1) is 6.92 Å². The van der Waals surface area contributed by atoms with Gasteiger partial charge in [-0.25, -0.2) is 0 Å². The van der Waals surface area contributed by atoms with Gasteiger partial charge in [-0.2, -0.15) is 5.10 Å². The number of aromatic nitrogens is 2. The zero-order chi connectivity index (χ0) is 18.8. The normalized spacial score (nSPS) is 12.6. The van der Waals surface area contributed by atoms with E-state index < -0.39 is 0 Å². The Bertz CT molecular complexity index is 759. The standard InChI is InChI=1S/C19H28N4O2/c1-12(16-11-23(19(4,5)6)22-13(16)2)20-15-8-9-17(21-14(3)24)18(10-15)25-7/h8-12,20H,1-7H3,(H,21,24)/t12-/m1/s1. The van der Waals surface area contributed by atoms with Crippen LogP contribution in [-0.4, -0.2) is 22.8 Å². The summed E-state index contributed by atoms with van der Waals surface area (Å²) in [6.45, 7) is 12.0. The number of aryl methyl sites for hydroxylation is 1. The number of rotatable bonds is 5. The van der Waals surface area contributed by atoms with Crippen LogP contribution in [-0.2, 0) is 10.3 Å². The van der Waals surface area contributed by atoms with Crippen molar-refractivity contribution in [3.8, 4) is 5.75 Å². The number of carbonyl (C=O) groups is 1. The second-order valence-electron chi connectivity index (χ2n) is 7.25. The molecule has 0 fully saturated rings. The molecule has 1 atom stereocenters. The van der Waals surface area contributed by atoms with Gasteiger partial charge in [-0.15, -0.1) is 0 Å². The monoisotopic (exact) mass is 344 g/mol. The van der Waals surface area contributed by atoms with E-state index in [0.717, 1.165) is 16.9 Å². The molecule has 0 saturated heterocycles. The molecule has 136 valence electrons. The van der Waals surface area contributed by atoms with E-state index in [1.165, 1.54) is 6.92 Å². The topological polar surface area (TPSA) is 68.2 Å². The molecule has 6 heteroatoms. The second kappa shape index (κ2) is 7.17. The number of amides is 1. The Balaban J connectivity index is 2.22. The maximum absolute atomic E-state index is 11.3. The summed E-state index contributed by atoms with van der Waals surface area (Å²) in [4.78, 5) is 11.3. The van der Waals surface area contributed by atoms with Crippen molar-refractivity contribution in [1.82, 2.24) is 9.78 Å². The van der Waals surface area contributed by atoms with E-state index in [1.54, 1.807) is 7.11 Å². The number of carbonyl (C=O) groups excluding carboxylic acids is 1. The Morgan fingerprint density at radius 2 is 2.00 bits per heavy atom. The Morgan fingerprint density at radius 1 is 1.32 bits per heavy atom. The highest BCUT2D eigenvalue weighted by Crippen LogP contribution is 2.30. The minimum Gasteiger partial charge on any atom is -0.494 e. The Hall–Kier alpha value is -2.50. The lowest BCUT2D eigenvalue weighted by molar-refractivity contribution is -0.114. The van der Waals surface area contributed by atoms with Crippen molar-refractivity contribution in [2.24, 2.45) is 0 Å². The summed E-state index contributed by atoms with van der Waals surface area (Å²) in [5, 5.41) is 10.9. The van der Waals surface area contributed by atoms with Crippen LogP contribution in [0.2, 0.25) is 0 Å². The first-order valence-electron chi connectivity index (χ1n) is 8.40. The first-order chi connectivity index (χ1) is 11.6. The summed E-state index contributed by atoms with van der Waals surface area (Å²) in [7, 11) is 1.59. The molecule has 0 aliphatic carbocycles. The summed E-state index contributed by atoms with van der Waals surface area (Å²) in [6, 6.07) is 5.73. The fraction of sp³-hybridized carbons (Fsp3) is 0.474. The van der Waals surface area contributed by atoms with E-state index in [1.807, 2.05) is 29.8 Å². The molecule has 6 nitrogen and oxygen atoms in total. The van der Waals surface area contributed by atoms with Crippen LogP contribution in [0.3, 0.4) is 0 Å². The predicted octanol–water partition coefficient (Wildman–Crippen LogP) is 4.09. The average Bonchev–Trinajstić information content (AvgIpc) is 2.90. The van der Waals surface area contributed by atoms with Crippen molar-refractivity contribution in [2.45, 2.75) is 53.1 Å². The number of ether oxygens (including phenoxy) is 1. The van der Waals surface area contributed by atoms with E-state index in [4.69, 9.17) is 4.74 Å². The number of hydrogen-bond donors (Lipinski definition) is 2. The van der Waals surface area contributed by atoms with E-state index in [-0.39, 0.29) is 17.5 Å². The SMILES string of the molecule is COc1cc(N[C@H](C)c2cn(C(C)(C)C)nc2C)ccc1NC(C)=O. The molecule has 0 aliphatic rings. The molecular weight excluding hydrogens is 316 g/mol. The lowest BCUT2D eigenvalue weighted by atomic mass is 10.1. The summed E-state index contributed by atoms with van der Waals surface area (Å²) < 4.78 is 7.37. The average molecular weight is 344 g/mol. The first kappa shape index (κ1) is 18.8. The molecule has 1 aromatic carbocycles.